The molecule has 0 aliphatic heterocycles. The molecule has 0 radical (unpaired) electrons. The van der Waals surface area contributed by atoms with Crippen molar-refractivity contribution in [2.45, 2.75) is 25.4 Å². The predicted octanol–water partition coefficient (Wildman–Crippen LogP) is 6.57. The number of hydrogen-bond acceptors (Lipinski definition) is 3. The van der Waals surface area contributed by atoms with Crippen LogP contribution in [0, 0.1) is 6.92 Å². The van der Waals surface area contributed by atoms with Crippen LogP contribution < -0.4 is 0 Å². The molecule has 3 aromatic rings. The van der Waals surface area contributed by atoms with Gasteiger partial charge in [0.1, 0.15) is 0 Å². The van der Waals surface area contributed by atoms with Gasteiger partial charge in [-0.2, -0.15) is 13.2 Å². The van der Waals surface area contributed by atoms with E-state index in [2.05, 4.69) is 26.1 Å². The van der Waals surface area contributed by atoms with E-state index < -0.39 is 17.7 Å². The average Bonchev–Trinajstić information content (AvgIpc) is 2.69. The maximum atomic E-state index is 13.7. The van der Waals surface area contributed by atoms with Crippen LogP contribution in [0.25, 0.3) is 0 Å². The summed E-state index contributed by atoms with van der Waals surface area (Å²) in [6.45, 7) is 1.80. The van der Waals surface area contributed by atoms with Crippen molar-refractivity contribution in [3.63, 3.8) is 0 Å². The number of aromatic nitrogens is 1. The van der Waals surface area contributed by atoms with Gasteiger partial charge in [0.05, 0.1) is 11.3 Å². The topological polar surface area (TPSA) is 45.5 Å². The van der Waals surface area contributed by atoms with Crippen molar-refractivity contribution in [2.24, 2.45) is 5.16 Å². The van der Waals surface area contributed by atoms with Gasteiger partial charge < -0.3 is 5.21 Å². The number of aryl methyl sites for hydroxylation is 1. The average molecular weight is 463 g/mol. The Hall–Kier alpha value is -2.67. The van der Waals surface area contributed by atoms with Crippen molar-refractivity contribution >= 4 is 21.6 Å². The van der Waals surface area contributed by atoms with E-state index in [0.29, 0.717) is 16.8 Å². The van der Waals surface area contributed by atoms with Crippen LogP contribution in [0.1, 0.15) is 40.3 Å². The molecule has 2 aromatic carbocycles. The second-order valence-corrected chi connectivity index (χ2v) is 7.54. The number of pyridine rings is 1. The third kappa shape index (κ3) is 5.03. The Bertz CT molecular complexity index is 1020. The minimum Gasteiger partial charge on any atom is -0.411 e. The Morgan fingerprint density at radius 2 is 1.79 bits per heavy atom. The van der Waals surface area contributed by atoms with Crippen molar-refractivity contribution in [3.8, 4) is 0 Å². The van der Waals surface area contributed by atoms with Gasteiger partial charge in [-0.15, -0.1) is 0 Å². The van der Waals surface area contributed by atoms with Crippen LogP contribution in [-0.2, 0) is 6.18 Å². The molecule has 1 unspecified atom stereocenters. The molecule has 1 N–H and O–H groups in total. The highest BCUT2D eigenvalue weighted by molar-refractivity contribution is 9.10. The first-order valence-electron chi connectivity index (χ1n) is 8.85. The molecule has 0 saturated heterocycles. The van der Waals surface area contributed by atoms with Crippen LogP contribution in [0.15, 0.2) is 76.5 Å². The minimum atomic E-state index is -4.49. The zero-order valence-electron chi connectivity index (χ0n) is 15.5. The zero-order valence-corrected chi connectivity index (χ0v) is 17.1. The number of rotatable bonds is 5. The summed E-state index contributed by atoms with van der Waals surface area (Å²) in [6, 6.07) is 16.0. The normalized spacial score (nSPS) is 13.3. The second-order valence-electron chi connectivity index (χ2n) is 6.63. The molecule has 7 heteroatoms. The van der Waals surface area contributed by atoms with Gasteiger partial charge in [0.25, 0.3) is 0 Å². The van der Waals surface area contributed by atoms with E-state index in [9.17, 15) is 18.4 Å². The Morgan fingerprint density at radius 1 is 1.10 bits per heavy atom. The lowest BCUT2D eigenvalue weighted by atomic mass is 9.83. The first kappa shape index (κ1) is 21.0. The maximum absolute atomic E-state index is 13.7. The Balaban J connectivity index is 2.11. The lowest BCUT2D eigenvalue weighted by Crippen LogP contribution is -2.16. The van der Waals surface area contributed by atoms with E-state index in [-0.39, 0.29) is 12.0 Å². The molecule has 0 spiro atoms. The number of benzene rings is 2. The maximum Gasteiger partial charge on any atom is 0.416 e. The Kier molecular flexibility index (Phi) is 6.37. The fraction of sp³-hybridized carbons (Fsp3) is 0.182. The molecule has 3 nitrogen and oxygen atoms in total. The lowest BCUT2D eigenvalue weighted by molar-refractivity contribution is -0.138. The number of hydrogen-bond donors (Lipinski definition) is 1. The molecular formula is C22H18BrF3N2O. The second kappa shape index (κ2) is 8.78. The van der Waals surface area contributed by atoms with Gasteiger partial charge >= 0.3 is 6.18 Å². The summed E-state index contributed by atoms with van der Waals surface area (Å²) >= 11 is 3.36. The summed E-state index contributed by atoms with van der Waals surface area (Å²) in [5, 5.41) is 13.0. The molecule has 29 heavy (non-hydrogen) atoms. The number of halogens is 4. The molecule has 0 amide bonds. The van der Waals surface area contributed by atoms with Crippen LogP contribution in [0.5, 0.6) is 0 Å². The number of alkyl halides is 3. The smallest absolute Gasteiger partial charge is 0.411 e. The van der Waals surface area contributed by atoms with Gasteiger partial charge in [-0.3, -0.25) is 4.98 Å². The first-order valence-corrected chi connectivity index (χ1v) is 9.64. The molecule has 3 rings (SSSR count). The van der Waals surface area contributed by atoms with Crippen molar-refractivity contribution in [1.29, 1.82) is 0 Å². The van der Waals surface area contributed by atoms with Gasteiger partial charge in [-0.05, 0) is 48.4 Å². The predicted molar refractivity (Wildman–Crippen MR) is 109 cm³/mol. The van der Waals surface area contributed by atoms with Gasteiger partial charge in [0.2, 0.25) is 0 Å². The molecule has 0 fully saturated rings. The van der Waals surface area contributed by atoms with Crippen LogP contribution in [-0.4, -0.2) is 15.9 Å². The summed E-state index contributed by atoms with van der Waals surface area (Å²) in [4.78, 5) is 4.12. The molecule has 0 aliphatic carbocycles. The fourth-order valence-electron chi connectivity index (χ4n) is 3.30. The summed E-state index contributed by atoms with van der Waals surface area (Å²) in [5.74, 6) is -0.653. The largest absolute Gasteiger partial charge is 0.416 e. The Labute approximate surface area is 175 Å². The van der Waals surface area contributed by atoms with E-state index in [1.165, 1.54) is 12.1 Å². The highest BCUT2D eigenvalue weighted by atomic mass is 79.9. The summed E-state index contributed by atoms with van der Waals surface area (Å²) in [5.41, 5.74) is 1.76. The molecule has 1 atom stereocenters. The van der Waals surface area contributed by atoms with Gasteiger partial charge in [0.15, 0.2) is 0 Å². The van der Waals surface area contributed by atoms with Gasteiger partial charge in [-0.1, -0.05) is 51.4 Å². The third-order valence-electron chi connectivity index (χ3n) is 4.66. The quantitative estimate of drug-likeness (QED) is 0.264. The third-order valence-corrected chi connectivity index (χ3v) is 5.19. The highest BCUT2D eigenvalue weighted by Gasteiger charge is 2.35. The monoisotopic (exact) mass is 462 g/mol. The van der Waals surface area contributed by atoms with Crippen molar-refractivity contribution in [3.05, 3.63) is 99.3 Å². The van der Waals surface area contributed by atoms with Gasteiger partial charge in [0, 0.05) is 34.3 Å². The molecule has 0 aliphatic rings. The molecular weight excluding hydrogens is 445 g/mol. The standard InChI is InChI=1S/C22H18BrF3N2O/c1-14-12-16(10-11-27-14)21(28-29)13-19(15-6-8-17(23)9-7-15)18-4-2-3-5-20(18)22(24,25)26/h2-12,19,29H,13H2,1H3. The summed E-state index contributed by atoms with van der Waals surface area (Å²) in [6.07, 6.45) is -2.82. The molecule has 150 valence electrons. The first-order chi connectivity index (χ1) is 13.8. The summed E-state index contributed by atoms with van der Waals surface area (Å²) < 4.78 is 41.9. The molecule has 0 bridgehead atoms. The molecule has 1 aromatic heterocycles. The zero-order chi connectivity index (χ0) is 21.0. The van der Waals surface area contributed by atoms with E-state index in [1.54, 1.807) is 55.6 Å². The molecule has 1 heterocycles. The van der Waals surface area contributed by atoms with Gasteiger partial charge in [-0.25, -0.2) is 0 Å². The highest BCUT2D eigenvalue weighted by Crippen LogP contribution is 2.39. The van der Waals surface area contributed by atoms with Crippen LogP contribution in [0.4, 0.5) is 13.2 Å². The molecule has 0 saturated carbocycles. The fourth-order valence-corrected chi connectivity index (χ4v) is 3.56. The summed E-state index contributed by atoms with van der Waals surface area (Å²) in [7, 11) is 0. The van der Waals surface area contributed by atoms with E-state index in [4.69, 9.17) is 0 Å². The van der Waals surface area contributed by atoms with E-state index in [0.717, 1.165) is 16.2 Å². The minimum absolute atomic E-state index is 0.0919. The van der Waals surface area contributed by atoms with E-state index >= 15 is 0 Å². The van der Waals surface area contributed by atoms with Crippen molar-refractivity contribution < 1.29 is 18.4 Å². The van der Waals surface area contributed by atoms with Crippen LogP contribution >= 0.6 is 15.9 Å². The van der Waals surface area contributed by atoms with Crippen LogP contribution in [0.3, 0.4) is 0 Å². The van der Waals surface area contributed by atoms with Crippen LogP contribution in [0.2, 0.25) is 0 Å². The van der Waals surface area contributed by atoms with Crippen molar-refractivity contribution in [2.75, 3.05) is 0 Å². The number of oxime groups is 1. The SMILES string of the molecule is Cc1cc(C(CC(c2ccc(Br)cc2)c2ccccc2C(F)(F)F)=NO)ccn1. The van der Waals surface area contributed by atoms with Crippen molar-refractivity contribution in [1.82, 2.24) is 4.98 Å². The van der Waals surface area contributed by atoms with E-state index in [1.807, 2.05) is 0 Å². The Morgan fingerprint density at radius 3 is 2.41 bits per heavy atom. The number of nitrogens with zero attached hydrogens (tertiary/aromatic N) is 2. The lowest BCUT2D eigenvalue weighted by Gasteiger charge is -2.23.